The highest BCUT2D eigenvalue weighted by molar-refractivity contribution is 6.01. The Kier molecular flexibility index (Phi) is 4.92. The fourth-order valence-electron chi connectivity index (χ4n) is 4.01. The summed E-state index contributed by atoms with van der Waals surface area (Å²) in [5, 5.41) is 0. The second-order valence-electron chi connectivity index (χ2n) is 7.36. The summed E-state index contributed by atoms with van der Waals surface area (Å²) in [6.45, 7) is 1.78. The summed E-state index contributed by atoms with van der Waals surface area (Å²) in [4.78, 5) is 47.1. The molecule has 27 heavy (non-hydrogen) atoms. The number of para-hydroxylation sites is 2. The number of amides is 3. The van der Waals surface area contributed by atoms with Crippen molar-refractivity contribution in [3.05, 3.63) is 30.1 Å². The SMILES string of the molecule is O=C(CCCN1C(=O)CCC1=O)N1CCCC(c2nc3ccccc3[nH]2)C1. The highest BCUT2D eigenvalue weighted by Crippen LogP contribution is 2.27. The normalized spacial score (nSPS) is 20.7. The molecule has 1 N–H and O–H groups in total. The van der Waals surface area contributed by atoms with Crippen LogP contribution in [0.4, 0.5) is 0 Å². The zero-order chi connectivity index (χ0) is 18.8. The lowest BCUT2D eigenvalue weighted by molar-refractivity contribution is -0.139. The van der Waals surface area contributed by atoms with Crippen LogP contribution in [0.5, 0.6) is 0 Å². The number of imide groups is 1. The number of hydrogen-bond acceptors (Lipinski definition) is 4. The number of H-pyrrole nitrogens is 1. The van der Waals surface area contributed by atoms with E-state index in [4.69, 9.17) is 0 Å². The zero-order valence-electron chi connectivity index (χ0n) is 15.3. The molecule has 2 fully saturated rings. The van der Waals surface area contributed by atoms with E-state index in [2.05, 4.69) is 9.97 Å². The van der Waals surface area contributed by atoms with Gasteiger partial charge in [-0.1, -0.05) is 12.1 Å². The van der Waals surface area contributed by atoms with E-state index in [1.54, 1.807) is 0 Å². The summed E-state index contributed by atoms with van der Waals surface area (Å²) in [5.74, 6) is 1.03. The van der Waals surface area contributed by atoms with Crippen molar-refractivity contribution in [2.75, 3.05) is 19.6 Å². The molecule has 4 rings (SSSR count). The van der Waals surface area contributed by atoms with Gasteiger partial charge in [0, 0.05) is 44.8 Å². The van der Waals surface area contributed by atoms with Crippen molar-refractivity contribution in [3.63, 3.8) is 0 Å². The molecule has 7 heteroatoms. The van der Waals surface area contributed by atoms with Crippen LogP contribution in [-0.4, -0.2) is 57.1 Å². The maximum Gasteiger partial charge on any atom is 0.229 e. The van der Waals surface area contributed by atoms with Crippen LogP contribution in [-0.2, 0) is 14.4 Å². The van der Waals surface area contributed by atoms with Crippen molar-refractivity contribution in [1.29, 1.82) is 0 Å². The molecule has 1 atom stereocenters. The Labute approximate surface area is 157 Å². The molecular weight excluding hydrogens is 344 g/mol. The first-order valence-corrected chi connectivity index (χ1v) is 9.67. The van der Waals surface area contributed by atoms with E-state index in [0.29, 0.717) is 38.8 Å². The number of fused-ring (bicyclic) bond motifs is 1. The van der Waals surface area contributed by atoms with E-state index >= 15 is 0 Å². The Morgan fingerprint density at radius 1 is 1.19 bits per heavy atom. The number of carbonyl (C=O) groups excluding carboxylic acids is 3. The van der Waals surface area contributed by atoms with E-state index in [9.17, 15) is 14.4 Å². The first-order valence-electron chi connectivity index (χ1n) is 9.67. The van der Waals surface area contributed by atoms with Gasteiger partial charge in [0.05, 0.1) is 11.0 Å². The Hall–Kier alpha value is -2.70. The molecule has 2 saturated heterocycles. The molecule has 0 aliphatic carbocycles. The van der Waals surface area contributed by atoms with Crippen LogP contribution in [0.2, 0.25) is 0 Å². The lowest BCUT2D eigenvalue weighted by Crippen LogP contribution is -2.39. The number of aromatic nitrogens is 2. The summed E-state index contributed by atoms with van der Waals surface area (Å²) in [6, 6.07) is 7.96. The van der Waals surface area contributed by atoms with Gasteiger partial charge in [-0.2, -0.15) is 0 Å². The number of rotatable bonds is 5. The number of carbonyl (C=O) groups is 3. The maximum absolute atomic E-state index is 12.6. The smallest absolute Gasteiger partial charge is 0.229 e. The molecule has 3 heterocycles. The van der Waals surface area contributed by atoms with Crippen LogP contribution in [0, 0.1) is 0 Å². The number of benzene rings is 1. The monoisotopic (exact) mass is 368 g/mol. The van der Waals surface area contributed by atoms with Crippen molar-refractivity contribution < 1.29 is 14.4 Å². The van der Waals surface area contributed by atoms with Gasteiger partial charge in [-0.3, -0.25) is 19.3 Å². The summed E-state index contributed by atoms with van der Waals surface area (Å²) >= 11 is 0. The van der Waals surface area contributed by atoms with Crippen LogP contribution in [0.15, 0.2) is 24.3 Å². The van der Waals surface area contributed by atoms with E-state index in [0.717, 1.165) is 36.2 Å². The van der Waals surface area contributed by atoms with E-state index in [-0.39, 0.29) is 23.6 Å². The van der Waals surface area contributed by atoms with E-state index in [1.165, 1.54) is 4.90 Å². The first kappa shape index (κ1) is 17.7. The van der Waals surface area contributed by atoms with Gasteiger partial charge in [0.25, 0.3) is 0 Å². The Bertz CT molecular complexity index is 826. The third kappa shape index (κ3) is 3.72. The summed E-state index contributed by atoms with van der Waals surface area (Å²) in [6.07, 6.45) is 3.47. The third-order valence-corrected chi connectivity index (χ3v) is 5.50. The van der Waals surface area contributed by atoms with Crippen LogP contribution >= 0.6 is 0 Å². The molecule has 142 valence electrons. The molecule has 2 aliphatic heterocycles. The van der Waals surface area contributed by atoms with Crippen LogP contribution in [0.3, 0.4) is 0 Å². The average molecular weight is 368 g/mol. The largest absolute Gasteiger partial charge is 0.342 e. The van der Waals surface area contributed by atoms with E-state index < -0.39 is 0 Å². The Morgan fingerprint density at radius 2 is 1.96 bits per heavy atom. The van der Waals surface area contributed by atoms with Crippen molar-refractivity contribution in [1.82, 2.24) is 19.8 Å². The predicted molar refractivity (Wildman–Crippen MR) is 99.8 cm³/mol. The molecule has 0 bridgehead atoms. The zero-order valence-corrected chi connectivity index (χ0v) is 15.3. The predicted octanol–water partition coefficient (Wildman–Crippen LogP) is 2.20. The molecule has 1 aromatic carbocycles. The summed E-state index contributed by atoms with van der Waals surface area (Å²) < 4.78 is 0. The van der Waals surface area contributed by atoms with Gasteiger partial charge in [-0.15, -0.1) is 0 Å². The maximum atomic E-state index is 12.6. The van der Waals surface area contributed by atoms with Gasteiger partial charge in [-0.25, -0.2) is 4.98 Å². The van der Waals surface area contributed by atoms with Gasteiger partial charge < -0.3 is 9.88 Å². The molecular formula is C20H24N4O3. The number of piperidine rings is 1. The van der Waals surface area contributed by atoms with Crippen molar-refractivity contribution in [3.8, 4) is 0 Å². The van der Waals surface area contributed by atoms with Crippen molar-refractivity contribution >= 4 is 28.8 Å². The van der Waals surface area contributed by atoms with Crippen LogP contribution in [0.1, 0.15) is 50.3 Å². The number of aromatic amines is 1. The molecule has 2 aromatic rings. The minimum Gasteiger partial charge on any atom is -0.342 e. The second-order valence-corrected chi connectivity index (χ2v) is 7.36. The quantitative estimate of drug-likeness (QED) is 0.820. The van der Waals surface area contributed by atoms with Crippen molar-refractivity contribution in [2.45, 2.75) is 44.4 Å². The van der Waals surface area contributed by atoms with Crippen LogP contribution < -0.4 is 0 Å². The number of likely N-dealkylation sites (tertiary alicyclic amines) is 2. The Balaban J connectivity index is 1.32. The fourth-order valence-corrected chi connectivity index (χ4v) is 4.01. The molecule has 1 aromatic heterocycles. The van der Waals surface area contributed by atoms with Gasteiger partial charge in [0.1, 0.15) is 5.82 Å². The standard InChI is InChI=1S/C20H24N4O3/c25-17(8-4-12-24-18(26)9-10-19(24)27)23-11-3-5-14(13-23)20-21-15-6-1-2-7-16(15)22-20/h1-2,6-7,14H,3-5,8-13H2,(H,21,22). The second kappa shape index (κ2) is 7.50. The lowest BCUT2D eigenvalue weighted by atomic mass is 9.97. The molecule has 0 spiro atoms. The molecule has 2 aliphatic rings. The first-order chi connectivity index (χ1) is 13.1. The van der Waals surface area contributed by atoms with Gasteiger partial charge in [0.15, 0.2) is 0 Å². The number of hydrogen-bond donors (Lipinski definition) is 1. The van der Waals surface area contributed by atoms with Gasteiger partial charge in [0.2, 0.25) is 17.7 Å². The van der Waals surface area contributed by atoms with Gasteiger partial charge in [-0.05, 0) is 31.4 Å². The number of nitrogens with zero attached hydrogens (tertiary/aromatic N) is 3. The number of nitrogens with one attached hydrogen (secondary N) is 1. The molecule has 1 unspecified atom stereocenters. The summed E-state index contributed by atoms with van der Waals surface area (Å²) in [7, 11) is 0. The highest BCUT2D eigenvalue weighted by atomic mass is 16.2. The summed E-state index contributed by atoms with van der Waals surface area (Å²) in [5.41, 5.74) is 1.98. The molecule has 3 amide bonds. The third-order valence-electron chi connectivity index (χ3n) is 5.50. The fraction of sp³-hybridized carbons (Fsp3) is 0.500. The Morgan fingerprint density at radius 3 is 2.74 bits per heavy atom. The molecule has 0 radical (unpaired) electrons. The average Bonchev–Trinajstić information content (AvgIpc) is 3.26. The van der Waals surface area contributed by atoms with Crippen molar-refractivity contribution in [2.24, 2.45) is 0 Å². The van der Waals surface area contributed by atoms with E-state index in [1.807, 2.05) is 29.2 Å². The van der Waals surface area contributed by atoms with Gasteiger partial charge >= 0.3 is 0 Å². The molecule has 7 nitrogen and oxygen atoms in total. The minimum atomic E-state index is -0.115. The topological polar surface area (TPSA) is 86.4 Å². The lowest BCUT2D eigenvalue weighted by Gasteiger charge is -2.32. The minimum absolute atomic E-state index is 0.0925. The highest BCUT2D eigenvalue weighted by Gasteiger charge is 2.29. The number of imidazole rings is 1. The van der Waals surface area contributed by atoms with Crippen LogP contribution in [0.25, 0.3) is 11.0 Å². The molecule has 0 saturated carbocycles.